The second-order valence-corrected chi connectivity index (χ2v) is 5.90. The molecule has 3 rings (SSSR count). The van der Waals surface area contributed by atoms with E-state index >= 15 is 0 Å². The van der Waals surface area contributed by atoms with Crippen LogP contribution in [0.3, 0.4) is 0 Å². The standard InChI is InChI=1S/C14H14BrN5O2/c15-10-4-3-5-11(8-10)18-13-12(20(21)22)14(17-9-16-13)19-6-1-2-7-19/h3-5,8-9H,1-2,6-7H2,(H,16,17,18). The summed E-state index contributed by atoms with van der Waals surface area (Å²) in [6, 6.07) is 7.39. The Morgan fingerprint density at radius 1 is 1.27 bits per heavy atom. The summed E-state index contributed by atoms with van der Waals surface area (Å²) < 4.78 is 0.883. The Balaban J connectivity index is 1.99. The van der Waals surface area contributed by atoms with Crippen molar-refractivity contribution in [1.82, 2.24) is 9.97 Å². The third-order valence-corrected chi connectivity index (χ3v) is 3.97. The van der Waals surface area contributed by atoms with E-state index in [9.17, 15) is 10.1 Å². The Bertz CT molecular complexity index is 703. The number of nitrogens with zero attached hydrogens (tertiary/aromatic N) is 4. The van der Waals surface area contributed by atoms with Crippen molar-refractivity contribution in [3.8, 4) is 0 Å². The Morgan fingerprint density at radius 3 is 2.73 bits per heavy atom. The van der Waals surface area contributed by atoms with Crippen LogP contribution in [0.1, 0.15) is 12.8 Å². The van der Waals surface area contributed by atoms with Crippen LogP contribution in [-0.2, 0) is 0 Å². The van der Waals surface area contributed by atoms with Crippen LogP contribution in [0.4, 0.5) is 23.0 Å². The van der Waals surface area contributed by atoms with E-state index in [1.807, 2.05) is 29.2 Å². The van der Waals surface area contributed by atoms with Gasteiger partial charge in [-0.3, -0.25) is 10.1 Å². The molecule has 1 saturated heterocycles. The van der Waals surface area contributed by atoms with Gasteiger partial charge in [0.15, 0.2) is 0 Å². The van der Waals surface area contributed by atoms with Gasteiger partial charge in [-0.2, -0.15) is 0 Å². The first-order valence-electron chi connectivity index (χ1n) is 6.92. The van der Waals surface area contributed by atoms with Gasteiger partial charge in [-0.05, 0) is 31.0 Å². The molecule has 7 nitrogen and oxygen atoms in total. The smallest absolute Gasteiger partial charge is 0.351 e. The molecular formula is C14H14BrN5O2. The van der Waals surface area contributed by atoms with Gasteiger partial charge in [0.2, 0.25) is 11.6 Å². The molecule has 1 aliphatic rings. The number of nitro groups is 1. The molecule has 1 fully saturated rings. The lowest BCUT2D eigenvalue weighted by Gasteiger charge is -2.17. The van der Waals surface area contributed by atoms with E-state index in [0.29, 0.717) is 5.82 Å². The predicted molar refractivity (Wildman–Crippen MR) is 87.6 cm³/mol. The maximum absolute atomic E-state index is 11.5. The number of hydrogen-bond acceptors (Lipinski definition) is 6. The van der Waals surface area contributed by atoms with Crippen LogP contribution in [0.2, 0.25) is 0 Å². The summed E-state index contributed by atoms with van der Waals surface area (Å²) in [4.78, 5) is 21.2. The molecule has 22 heavy (non-hydrogen) atoms. The maximum Gasteiger partial charge on any atom is 0.353 e. The summed E-state index contributed by atoms with van der Waals surface area (Å²) in [6.45, 7) is 1.57. The van der Waals surface area contributed by atoms with Crippen LogP contribution in [0, 0.1) is 10.1 Å². The summed E-state index contributed by atoms with van der Waals surface area (Å²) in [6.07, 6.45) is 3.41. The summed E-state index contributed by atoms with van der Waals surface area (Å²) in [7, 11) is 0. The van der Waals surface area contributed by atoms with Crippen LogP contribution < -0.4 is 10.2 Å². The SMILES string of the molecule is O=[N+]([O-])c1c(Nc2cccc(Br)c2)ncnc1N1CCCC1. The number of nitrogens with one attached hydrogen (secondary N) is 1. The van der Waals surface area contributed by atoms with Gasteiger partial charge < -0.3 is 10.2 Å². The number of halogens is 1. The van der Waals surface area contributed by atoms with Gasteiger partial charge in [0, 0.05) is 23.2 Å². The van der Waals surface area contributed by atoms with E-state index < -0.39 is 4.92 Å². The third kappa shape index (κ3) is 3.01. The van der Waals surface area contributed by atoms with Crippen molar-refractivity contribution in [2.45, 2.75) is 12.8 Å². The zero-order valence-corrected chi connectivity index (χ0v) is 13.3. The number of benzene rings is 1. The highest BCUT2D eigenvalue weighted by Gasteiger charge is 2.28. The van der Waals surface area contributed by atoms with Crippen molar-refractivity contribution in [3.63, 3.8) is 0 Å². The maximum atomic E-state index is 11.5. The predicted octanol–water partition coefficient (Wildman–Crippen LogP) is 3.49. The lowest BCUT2D eigenvalue weighted by molar-refractivity contribution is -0.383. The fourth-order valence-electron chi connectivity index (χ4n) is 2.49. The molecule has 0 spiro atoms. The molecule has 1 aliphatic heterocycles. The van der Waals surface area contributed by atoms with Gasteiger partial charge in [0.1, 0.15) is 6.33 Å². The molecule has 0 amide bonds. The van der Waals surface area contributed by atoms with Crippen molar-refractivity contribution >= 4 is 38.9 Å². The van der Waals surface area contributed by atoms with Crippen LogP contribution in [-0.4, -0.2) is 28.0 Å². The van der Waals surface area contributed by atoms with E-state index in [2.05, 4.69) is 31.2 Å². The molecule has 0 aliphatic carbocycles. The van der Waals surface area contributed by atoms with E-state index in [1.165, 1.54) is 6.33 Å². The Kier molecular flexibility index (Phi) is 4.19. The van der Waals surface area contributed by atoms with Crippen molar-refractivity contribution in [2.24, 2.45) is 0 Å². The van der Waals surface area contributed by atoms with E-state index in [0.717, 1.165) is 36.1 Å². The lowest BCUT2D eigenvalue weighted by atomic mass is 10.3. The van der Waals surface area contributed by atoms with E-state index in [-0.39, 0.29) is 11.5 Å². The van der Waals surface area contributed by atoms with Crippen molar-refractivity contribution in [2.75, 3.05) is 23.3 Å². The van der Waals surface area contributed by atoms with E-state index in [1.54, 1.807) is 0 Å². The molecule has 114 valence electrons. The van der Waals surface area contributed by atoms with Gasteiger partial charge in [-0.15, -0.1) is 0 Å². The monoisotopic (exact) mass is 363 g/mol. The van der Waals surface area contributed by atoms with Crippen molar-refractivity contribution < 1.29 is 4.92 Å². The van der Waals surface area contributed by atoms with Crippen LogP contribution in [0.5, 0.6) is 0 Å². The highest BCUT2D eigenvalue weighted by atomic mass is 79.9. The normalized spacial score (nSPS) is 14.1. The molecule has 0 bridgehead atoms. The van der Waals surface area contributed by atoms with Crippen LogP contribution >= 0.6 is 15.9 Å². The van der Waals surface area contributed by atoms with Gasteiger partial charge >= 0.3 is 5.69 Å². The van der Waals surface area contributed by atoms with Crippen LogP contribution in [0.15, 0.2) is 35.1 Å². The van der Waals surface area contributed by atoms with Crippen molar-refractivity contribution in [1.29, 1.82) is 0 Å². The summed E-state index contributed by atoms with van der Waals surface area (Å²) in [5.74, 6) is 0.593. The summed E-state index contributed by atoms with van der Waals surface area (Å²) in [5, 5.41) is 14.5. The minimum atomic E-state index is -0.423. The molecule has 0 unspecified atom stereocenters. The first-order chi connectivity index (χ1) is 10.6. The first kappa shape index (κ1) is 14.7. The number of aromatic nitrogens is 2. The molecule has 0 saturated carbocycles. The lowest BCUT2D eigenvalue weighted by Crippen LogP contribution is -2.21. The van der Waals surface area contributed by atoms with Crippen molar-refractivity contribution in [3.05, 3.63) is 45.2 Å². The number of anilines is 3. The van der Waals surface area contributed by atoms with Gasteiger partial charge in [-0.1, -0.05) is 22.0 Å². The zero-order chi connectivity index (χ0) is 15.5. The molecule has 2 heterocycles. The highest BCUT2D eigenvalue weighted by molar-refractivity contribution is 9.10. The molecule has 1 aromatic carbocycles. The second-order valence-electron chi connectivity index (χ2n) is 4.98. The summed E-state index contributed by atoms with van der Waals surface area (Å²) >= 11 is 3.38. The average Bonchev–Trinajstić information content (AvgIpc) is 3.01. The zero-order valence-electron chi connectivity index (χ0n) is 11.7. The fourth-order valence-corrected chi connectivity index (χ4v) is 2.89. The van der Waals surface area contributed by atoms with E-state index in [4.69, 9.17) is 0 Å². The Morgan fingerprint density at radius 2 is 2.05 bits per heavy atom. The Hall–Kier alpha value is -2.22. The Labute approximate surface area is 135 Å². The second kappa shape index (κ2) is 6.27. The van der Waals surface area contributed by atoms with Gasteiger partial charge in [0.05, 0.1) is 4.92 Å². The molecule has 0 atom stereocenters. The number of rotatable bonds is 4. The van der Waals surface area contributed by atoms with Gasteiger partial charge in [0.25, 0.3) is 0 Å². The quantitative estimate of drug-likeness (QED) is 0.660. The topological polar surface area (TPSA) is 84.2 Å². The summed E-state index contributed by atoms with van der Waals surface area (Å²) in [5.41, 5.74) is 0.646. The molecule has 0 radical (unpaired) electrons. The largest absolute Gasteiger partial charge is 0.353 e. The fraction of sp³-hybridized carbons (Fsp3) is 0.286. The molecule has 8 heteroatoms. The number of hydrogen-bond donors (Lipinski definition) is 1. The third-order valence-electron chi connectivity index (χ3n) is 3.48. The first-order valence-corrected chi connectivity index (χ1v) is 7.71. The minimum absolute atomic E-state index is 0.0793. The minimum Gasteiger partial charge on any atom is -0.351 e. The average molecular weight is 364 g/mol. The molecule has 1 N–H and O–H groups in total. The molecule has 2 aromatic rings. The molecule has 1 aromatic heterocycles. The highest BCUT2D eigenvalue weighted by Crippen LogP contribution is 2.35. The van der Waals surface area contributed by atoms with Crippen LogP contribution in [0.25, 0.3) is 0 Å². The van der Waals surface area contributed by atoms with Gasteiger partial charge in [-0.25, -0.2) is 9.97 Å². The molecular weight excluding hydrogens is 350 g/mol.